The second-order valence-corrected chi connectivity index (χ2v) is 9.12. The molecule has 0 aliphatic heterocycles. The Balaban J connectivity index is 1.76. The largest absolute Gasteiger partial charge is 0.496 e. The predicted octanol–water partition coefficient (Wildman–Crippen LogP) is 5.17. The van der Waals surface area contributed by atoms with Gasteiger partial charge in [0.15, 0.2) is 9.84 Å². The third-order valence-electron chi connectivity index (χ3n) is 4.94. The maximum absolute atomic E-state index is 12.9. The Morgan fingerprint density at radius 2 is 1.57 bits per heavy atom. The first kappa shape index (κ1) is 22.2. The number of benzene rings is 2. The normalized spacial score (nSPS) is 11.5. The lowest BCUT2D eigenvalue weighted by Crippen LogP contribution is -2.07. The Morgan fingerprint density at radius 3 is 2.21 bits per heavy atom. The Hall–Kier alpha value is -2.08. The molecular formula is C22H29FO4S. The van der Waals surface area contributed by atoms with Crippen molar-refractivity contribution in [1.82, 2.24) is 0 Å². The molecule has 0 amide bonds. The molecule has 0 fully saturated rings. The number of aryl methyl sites for hydroxylation is 1. The number of rotatable bonds is 10. The van der Waals surface area contributed by atoms with Crippen LogP contribution in [0.2, 0.25) is 0 Å². The van der Waals surface area contributed by atoms with E-state index >= 15 is 0 Å². The van der Waals surface area contributed by atoms with Gasteiger partial charge in [0.05, 0.1) is 24.4 Å². The first-order valence-corrected chi connectivity index (χ1v) is 11.2. The van der Waals surface area contributed by atoms with Crippen LogP contribution in [0.25, 0.3) is 0 Å². The number of ether oxygens (including phenoxy) is 2. The third-order valence-corrected chi connectivity index (χ3v) is 6.75. The maximum Gasteiger partial charge on any atom is 0.178 e. The van der Waals surface area contributed by atoms with Crippen molar-refractivity contribution >= 4 is 9.84 Å². The van der Waals surface area contributed by atoms with Crippen LogP contribution in [0.4, 0.5) is 4.39 Å². The molecule has 0 saturated carbocycles. The van der Waals surface area contributed by atoms with Gasteiger partial charge in [0.2, 0.25) is 0 Å². The molecule has 0 aliphatic rings. The van der Waals surface area contributed by atoms with Crippen LogP contribution in [0.3, 0.4) is 0 Å². The van der Waals surface area contributed by atoms with Crippen LogP contribution in [0.1, 0.15) is 42.4 Å². The van der Waals surface area contributed by atoms with Gasteiger partial charge in [-0.2, -0.15) is 0 Å². The molecule has 0 saturated heterocycles. The molecule has 0 bridgehead atoms. The van der Waals surface area contributed by atoms with Gasteiger partial charge in [-0.15, -0.1) is 0 Å². The zero-order valence-electron chi connectivity index (χ0n) is 17.0. The van der Waals surface area contributed by atoms with Gasteiger partial charge in [-0.05, 0) is 75.1 Å². The summed E-state index contributed by atoms with van der Waals surface area (Å²) in [6.07, 6.45) is 3.13. The van der Waals surface area contributed by atoms with Crippen molar-refractivity contribution < 1.29 is 22.3 Å². The Kier molecular flexibility index (Phi) is 7.87. The van der Waals surface area contributed by atoms with Crippen molar-refractivity contribution in [1.29, 1.82) is 0 Å². The van der Waals surface area contributed by atoms with E-state index in [2.05, 4.69) is 0 Å². The molecule has 6 heteroatoms. The number of unbranched alkanes of at least 4 members (excludes halogenated alkanes) is 3. The van der Waals surface area contributed by atoms with Crippen LogP contribution < -0.4 is 9.47 Å². The lowest BCUT2D eigenvalue weighted by molar-refractivity contribution is 0.298. The van der Waals surface area contributed by atoms with Crippen molar-refractivity contribution in [3.8, 4) is 11.5 Å². The van der Waals surface area contributed by atoms with E-state index in [-0.39, 0.29) is 10.6 Å². The molecule has 0 unspecified atom stereocenters. The molecular weight excluding hydrogens is 379 g/mol. The second kappa shape index (κ2) is 9.92. The van der Waals surface area contributed by atoms with E-state index in [9.17, 15) is 12.8 Å². The van der Waals surface area contributed by atoms with Crippen molar-refractivity contribution in [2.45, 2.75) is 51.3 Å². The van der Waals surface area contributed by atoms with Crippen LogP contribution in [0, 0.1) is 26.6 Å². The van der Waals surface area contributed by atoms with Gasteiger partial charge in [0, 0.05) is 5.56 Å². The SMILES string of the molecule is COc1cc(C)c(C)c(OCCCCCCS(=O)(=O)c2ccc(F)cc2)c1C. The van der Waals surface area contributed by atoms with Gasteiger partial charge in [0.1, 0.15) is 17.3 Å². The average molecular weight is 409 g/mol. The van der Waals surface area contributed by atoms with Crippen molar-refractivity contribution in [3.05, 3.63) is 52.8 Å². The molecule has 0 aromatic heterocycles. The summed E-state index contributed by atoms with van der Waals surface area (Å²) in [7, 11) is -1.69. The van der Waals surface area contributed by atoms with Crippen molar-refractivity contribution in [2.75, 3.05) is 19.5 Å². The number of hydrogen-bond donors (Lipinski definition) is 0. The zero-order valence-corrected chi connectivity index (χ0v) is 17.9. The van der Waals surface area contributed by atoms with Gasteiger partial charge in [0.25, 0.3) is 0 Å². The van der Waals surface area contributed by atoms with Gasteiger partial charge in [-0.1, -0.05) is 12.8 Å². The summed E-state index contributed by atoms with van der Waals surface area (Å²) in [6.45, 7) is 6.64. The summed E-state index contributed by atoms with van der Waals surface area (Å²) >= 11 is 0. The van der Waals surface area contributed by atoms with E-state index in [0.717, 1.165) is 47.5 Å². The quantitative estimate of drug-likeness (QED) is 0.402. The summed E-state index contributed by atoms with van der Waals surface area (Å²) in [5.41, 5.74) is 3.24. The topological polar surface area (TPSA) is 52.6 Å². The fourth-order valence-electron chi connectivity index (χ4n) is 3.10. The summed E-state index contributed by atoms with van der Waals surface area (Å²) < 4.78 is 48.8. The molecule has 2 aromatic rings. The molecule has 4 nitrogen and oxygen atoms in total. The number of methoxy groups -OCH3 is 1. The third kappa shape index (κ3) is 5.71. The van der Waals surface area contributed by atoms with Gasteiger partial charge >= 0.3 is 0 Å². The lowest BCUT2D eigenvalue weighted by Gasteiger charge is -2.17. The fraction of sp³-hybridized carbons (Fsp3) is 0.455. The lowest BCUT2D eigenvalue weighted by atomic mass is 10.0. The van der Waals surface area contributed by atoms with Gasteiger partial charge in [-0.3, -0.25) is 0 Å². The van der Waals surface area contributed by atoms with Gasteiger partial charge < -0.3 is 9.47 Å². The standard InChI is InChI=1S/C22H29FO4S/c1-16-15-21(26-4)18(3)22(17(16)2)27-13-7-5-6-8-14-28(24,25)20-11-9-19(23)10-12-20/h9-12,15H,5-8,13-14H2,1-4H3. The second-order valence-electron chi connectivity index (χ2n) is 7.01. The van der Waals surface area contributed by atoms with E-state index in [0.29, 0.717) is 13.0 Å². The number of hydrogen-bond acceptors (Lipinski definition) is 4. The minimum atomic E-state index is -3.35. The van der Waals surface area contributed by atoms with Crippen LogP contribution >= 0.6 is 0 Å². The smallest absolute Gasteiger partial charge is 0.178 e. The summed E-state index contributed by atoms with van der Waals surface area (Å²) in [4.78, 5) is 0.177. The van der Waals surface area contributed by atoms with Crippen LogP contribution in [-0.2, 0) is 9.84 Å². The molecule has 154 valence electrons. The van der Waals surface area contributed by atoms with Crippen molar-refractivity contribution in [3.63, 3.8) is 0 Å². The Labute approximate surface area is 167 Å². The van der Waals surface area contributed by atoms with E-state index in [1.54, 1.807) is 7.11 Å². The number of halogens is 1. The molecule has 2 rings (SSSR count). The summed E-state index contributed by atoms with van der Waals surface area (Å²) in [5, 5.41) is 0. The molecule has 0 aliphatic carbocycles. The Morgan fingerprint density at radius 1 is 0.929 bits per heavy atom. The molecule has 0 heterocycles. The first-order valence-electron chi connectivity index (χ1n) is 9.52. The van der Waals surface area contributed by atoms with E-state index in [4.69, 9.17) is 9.47 Å². The fourth-order valence-corrected chi connectivity index (χ4v) is 4.47. The van der Waals surface area contributed by atoms with Gasteiger partial charge in [-0.25, -0.2) is 12.8 Å². The molecule has 28 heavy (non-hydrogen) atoms. The maximum atomic E-state index is 12.9. The molecule has 0 atom stereocenters. The van der Waals surface area contributed by atoms with Crippen LogP contribution in [0.5, 0.6) is 11.5 Å². The highest BCUT2D eigenvalue weighted by atomic mass is 32.2. The highest BCUT2D eigenvalue weighted by molar-refractivity contribution is 7.91. The zero-order chi connectivity index (χ0) is 20.7. The van der Waals surface area contributed by atoms with Crippen molar-refractivity contribution in [2.24, 2.45) is 0 Å². The van der Waals surface area contributed by atoms with E-state index < -0.39 is 15.7 Å². The summed E-state index contributed by atoms with van der Waals surface area (Å²) in [6, 6.07) is 7.00. The average Bonchev–Trinajstić information content (AvgIpc) is 2.66. The highest BCUT2D eigenvalue weighted by Crippen LogP contribution is 2.33. The van der Waals surface area contributed by atoms with Crippen LogP contribution in [-0.4, -0.2) is 27.9 Å². The summed E-state index contributed by atoms with van der Waals surface area (Å²) in [5.74, 6) is 1.34. The minimum absolute atomic E-state index is 0.0762. The molecule has 0 spiro atoms. The highest BCUT2D eigenvalue weighted by Gasteiger charge is 2.14. The van der Waals surface area contributed by atoms with E-state index in [1.807, 2.05) is 26.8 Å². The molecule has 2 aromatic carbocycles. The molecule has 0 radical (unpaired) electrons. The first-order chi connectivity index (χ1) is 13.3. The molecule has 0 N–H and O–H groups in total. The predicted molar refractivity (Wildman–Crippen MR) is 110 cm³/mol. The number of sulfone groups is 1. The monoisotopic (exact) mass is 408 g/mol. The minimum Gasteiger partial charge on any atom is -0.496 e. The van der Waals surface area contributed by atoms with E-state index in [1.165, 1.54) is 24.3 Å². The Bertz CT molecular complexity index is 890. The van der Waals surface area contributed by atoms with Crippen LogP contribution in [0.15, 0.2) is 35.2 Å².